The number of nitrogen functional groups attached to an aromatic ring is 1. The molecular formula is C14H28N6O. The van der Waals surface area contributed by atoms with Crippen molar-refractivity contribution in [1.29, 1.82) is 0 Å². The van der Waals surface area contributed by atoms with Crippen LogP contribution >= 0.6 is 0 Å². The number of hydrazine groups is 1. The molecule has 0 aliphatic heterocycles. The van der Waals surface area contributed by atoms with Gasteiger partial charge in [-0.2, -0.15) is 0 Å². The Morgan fingerprint density at radius 3 is 2.48 bits per heavy atom. The lowest BCUT2D eigenvalue weighted by atomic mass is 10.0. The molecule has 0 bridgehead atoms. The molecule has 7 heteroatoms. The minimum absolute atomic E-state index is 0.292. The average Bonchev–Trinajstić information content (AvgIpc) is 2.43. The van der Waals surface area contributed by atoms with Gasteiger partial charge in [-0.05, 0) is 26.9 Å². The first-order valence-corrected chi connectivity index (χ1v) is 7.29. The van der Waals surface area contributed by atoms with Crippen LogP contribution in [-0.4, -0.2) is 48.2 Å². The van der Waals surface area contributed by atoms with Crippen molar-refractivity contribution in [2.24, 2.45) is 11.8 Å². The standard InChI is InChI=1S/C14H28N6O/c1-6-21-9-14-17-12(7-13(18-14)19-15)16-11(10(2)3)8-20(4)5/h7,10-11H,6,8-9,15H2,1-5H3,(H2,16,17,18,19). The molecule has 0 saturated heterocycles. The Bertz CT molecular complexity index is 424. The van der Waals surface area contributed by atoms with E-state index in [1.165, 1.54) is 0 Å². The van der Waals surface area contributed by atoms with Crippen LogP contribution in [-0.2, 0) is 11.3 Å². The molecule has 1 aromatic heterocycles. The third kappa shape index (κ3) is 6.24. The van der Waals surface area contributed by atoms with E-state index < -0.39 is 0 Å². The molecule has 4 N–H and O–H groups in total. The van der Waals surface area contributed by atoms with Crippen molar-refractivity contribution in [3.63, 3.8) is 0 Å². The van der Waals surface area contributed by atoms with E-state index in [1.54, 1.807) is 6.07 Å². The second kappa shape index (κ2) is 8.76. The molecule has 0 spiro atoms. The number of nitrogens with two attached hydrogens (primary N) is 1. The molecule has 0 amide bonds. The van der Waals surface area contributed by atoms with Crippen molar-refractivity contribution >= 4 is 11.6 Å². The van der Waals surface area contributed by atoms with Crippen molar-refractivity contribution < 1.29 is 4.74 Å². The van der Waals surface area contributed by atoms with Crippen LogP contribution in [0.2, 0.25) is 0 Å². The van der Waals surface area contributed by atoms with Crippen molar-refractivity contribution in [2.75, 3.05) is 38.0 Å². The smallest absolute Gasteiger partial charge is 0.158 e. The molecule has 0 fully saturated rings. The van der Waals surface area contributed by atoms with Crippen LogP contribution < -0.4 is 16.6 Å². The van der Waals surface area contributed by atoms with Gasteiger partial charge < -0.3 is 20.4 Å². The van der Waals surface area contributed by atoms with Crippen LogP contribution in [0.15, 0.2) is 6.07 Å². The molecule has 1 rings (SSSR count). The summed E-state index contributed by atoms with van der Waals surface area (Å²) in [7, 11) is 4.12. The van der Waals surface area contributed by atoms with Gasteiger partial charge in [0.15, 0.2) is 5.82 Å². The molecular weight excluding hydrogens is 268 g/mol. The maximum Gasteiger partial charge on any atom is 0.158 e. The monoisotopic (exact) mass is 296 g/mol. The Labute approximate surface area is 127 Å². The highest BCUT2D eigenvalue weighted by molar-refractivity contribution is 5.47. The molecule has 7 nitrogen and oxygen atoms in total. The Hall–Kier alpha value is -1.44. The summed E-state index contributed by atoms with van der Waals surface area (Å²) < 4.78 is 5.36. The molecule has 1 aromatic rings. The number of hydrogen-bond acceptors (Lipinski definition) is 7. The topological polar surface area (TPSA) is 88.3 Å². The fourth-order valence-corrected chi connectivity index (χ4v) is 1.91. The number of rotatable bonds is 9. The van der Waals surface area contributed by atoms with Gasteiger partial charge in [-0.25, -0.2) is 15.8 Å². The number of ether oxygens (including phenoxy) is 1. The normalized spacial score (nSPS) is 12.8. The van der Waals surface area contributed by atoms with Crippen LogP contribution in [0.4, 0.5) is 11.6 Å². The average molecular weight is 296 g/mol. The van der Waals surface area contributed by atoms with E-state index in [2.05, 4.69) is 53.6 Å². The Morgan fingerprint density at radius 2 is 1.95 bits per heavy atom. The van der Waals surface area contributed by atoms with Gasteiger partial charge in [-0.1, -0.05) is 13.8 Å². The van der Waals surface area contributed by atoms with Crippen molar-refractivity contribution in [3.8, 4) is 0 Å². The quantitative estimate of drug-likeness (QED) is 0.467. The van der Waals surface area contributed by atoms with Gasteiger partial charge in [-0.15, -0.1) is 0 Å². The van der Waals surface area contributed by atoms with E-state index in [0.29, 0.717) is 36.8 Å². The van der Waals surface area contributed by atoms with Gasteiger partial charge in [0.1, 0.15) is 18.2 Å². The van der Waals surface area contributed by atoms with Crippen LogP contribution in [0.25, 0.3) is 0 Å². The molecule has 21 heavy (non-hydrogen) atoms. The summed E-state index contributed by atoms with van der Waals surface area (Å²) >= 11 is 0. The minimum Gasteiger partial charge on any atom is -0.374 e. The number of aromatic nitrogens is 2. The van der Waals surface area contributed by atoms with E-state index in [1.807, 2.05) is 6.92 Å². The highest BCUT2D eigenvalue weighted by atomic mass is 16.5. The highest BCUT2D eigenvalue weighted by Gasteiger charge is 2.15. The zero-order valence-corrected chi connectivity index (χ0v) is 13.7. The first-order valence-electron chi connectivity index (χ1n) is 7.29. The Kier molecular flexibility index (Phi) is 7.35. The number of likely N-dealkylation sites (N-methyl/N-ethyl adjacent to an activating group) is 1. The van der Waals surface area contributed by atoms with Gasteiger partial charge in [0.2, 0.25) is 0 Å². The van der Waals surface area contributed by atoms with Gasteiger partial charge >= 0.3 is 0 Å². The maximum absolute atomic E-state index is 5.47. The van der Waals surface area contributed by atoms with Gasteiger partial charge in [-0.3, -0.25) is 0 Å². The van der Waals surface area contributed by atoms with Gasteiger partial charge in [0.05, 0.1) is 0 Å². The zero-order valence-electron chi connectivity index (χ0n) is 13.7. The predicted molar refractivity (Wildman–Crippen MR) is 86.0 cm³/mol. The van der Waals surface area contributed by atoms with Crippen LogP contribution in [0, 0.1) is 5.92 Å². The minimum atomic E-state index is 0.292. The number of nitrogens with one attached hydrogen (secondary N) is 2. The molecule has 0 aromatic carbocycles. The second-order valence-corrected chi connectivity index (χ2v) is 5.59. The summed E-state index contributed by atoms with van der Waals surface area (Å²) in [4.78, 5) is 10.9. The largest absolute Gasteiger partial charge is 0.374 e. The molecule has 0 saturated carbocycles. The number of nitrogens with zero attached hydrogens (tertiary/aromatic N) is 3. The third-order valence-electron chi connectivity index (χ3n) is 3.06. The fourth-order valence-electron chi connectivity index (χ4n) is 1.91. The molecule has 120 valence electrons. The molecule has 0 aliphatic carbocycles. The lowest BCUT2D eigenvalue weighted by molar-refractivity contribution is 0.128. The fraction of sp³-hybridized carbons (Fsp3) is 0.714. The Morgan fingerprint density at radius 1 is 1.29 bits per heavy atom. The van der Waals surface area contributed by atoms with E-state index >= 15 is 0 Å². The summed E-state index contributed by atoms with van der Waals surface area (Å²) in [5, 5.41) is 3.46. The summed E-state index contributed by atoms with van der Waals surface area (Å²) in [5.74, 6) is 7.90. The van der Waals surface area contributed by atoms with E-state index in [9.17, 15) is 0 Å². The summed E-state index contributed by atoms with van der Waals surface area (Å²) in [6.45, 7) is 8.24. The molecule has 0 aliphatic rings. The summed E-state index contributed by atoms with van der Waals surface area (Å²) in [5.41, 5.74) is 2.57. The summed E-state index contributed by atoms with van der Waals surface area (Å²) in [6, 6.07) is 2.10. The zero-order chi connectivity index (χ0) is 15.8. The Balaban J connectivity index is 2.88. The molecule has 1 unspecified atom stereocenters. The van der Waals surface area contributed by atoms with Crippen molar-refractivity contribution in [2.45, 2.75) is 33.4 Å². The molecule has 0 radical (unpaired) electrons. The SMILES string of the molecule is CCOCc1nc(NN)cc(NC(CN(C)C)C(C)C)n1. The van der Waals surface area contributed by atoms with E-state index in [4.69, 9.17) is 10.6 Å². The number of anilines is 2. The van der Waals surface area contributed by atoms with Crippen molar-refractivity contribution in [3.05, 3.63) is 11.9 Å². The molecule has 1 atom stereocenters. The first-order chi connectivity index (χ1) is 9.96. The van der Waals surface area contributed by atoms with Crippen LogP contribution in [0.1, 0.15) is 26.6 Å². The second-order valence-electron chi connectivity index (χ2n) is 5.59. The van der Waals surface area contributed by atoms with E-state index in [0.717, 1.165) is 12.4 Å². The van der Waals surface area contributed by atoms with E-state index in [-0.39, 0.29) is 0 Å². The molecule has 1 heterocycles. The number of hydrogen-bond donors (Lipinski definition) is 3. The van der Waals surface area contributed by atoms with Gasteiger partial charge in [0, 0.05) is 25.3 Å². The highest BCUT2D eigenvalue weighted by Crippen LogP contribution is 2.15. The van der Waals surface area contributed by atoms with Crippen molar-refractivity contribution in [1.82, 2.24) is 14.9 Å². The lowest BCUT2D eigenvalue weighted by Gasteiger charge is -2.26. The first kappa shape index (κ1) is 17.6. The summed E-state index contributed by atoms with van der Waals surface area (Å²) in [6.07, 6.45) is 0. The van der Waals surface area contributed by atoms with Gasteiger partial charge in [0.25, 0.3) is 0 Å². The predicted octanol–water partition coefficient (Wildman–Crippen LogP) is 1.30. The van der Waals surface area contributed by atoms with Crippen LogP contribution in [0.5, 0.6) is 0 Å². The van der Waals surface area contributed by atoms with Crippen LogP contribution in [0.3, 0.4) is 0 Å². The third-order valence-corrected chi connectivity index (χ3v) is 3.06. The lowest BCUT2D eigenvalue weighted by Crippen LogP contribution is -2.36. The maximum atomic E-state index is 5.47.